The average molecular weight is 336 g/mol. The van der Waals surface area contributed by atoms with Gasteiger partial charge in [-0.15, -0.1) is 0 Å². The van der Waals surface area contributed by atoms with Crippen LogP contribution in [0.25, 0.3) is 0 Å². The van der Waals surface area contributed by atoms with E-state index in [1.54, 1.807) is 0 Å². The van der Waals surface area contributed by atoms with Crippen LogP contribution in [0.1, 0.15) is 10.5 Å². The minimum Gasteiger partial charge on any atom is -0.321 e. The van der Waals surface area contributed by atoms with E-state index in [1.165, 1.54) is 57.5 Å². The highest BCUT2D eigenvalue weighted by Gasteiger charge is 2.17. The number of hydrogen-bond donors (Lipinski definition) is 1. The number of benzene rings is 1. The normalized spacial score (nSPS) is 11.5. The number of rotatable bonds is 4. The molecule has 1 heterocycles. The van der Waals surface area contributed by atoms with Crippen LogP contribution in [-0.4, -0.2) is 42.5 Å². The van der Waals surface area contributed by atoms with Crippen LogP contribution in [0.5, 0.6) is 0 Å². The molecule has 1 aromatic carbocycles. The predicted octanol–water partition coefficient (Wildman–Crippen LogP) is 0.283. The Hall–Kier alpha value is -2.52. The van der Waals surface area contributed by atoms with E-state index in [0.717, 1.165) is 8.99 Å². The van der Waals surface area contributed by atoms with Crippen molar-refractivity contribution in [2.45, 2.75) is 4.90 Å². The number of amides is 1. The van der Waals surface area contributed by atoms with Crippen molar-refractivity contribution in [2.75, 3.05) is 19.4 Å². The van der Waals surface area contributed by atoms with Gasteiger partial charge in [0, 0.05) is 32.9 Å². The highest BCUT2D eigenvalue weighted by Crippen LogP contribution is 2.16. The van der Waals surface area contributed by atoms with E-state index in [9.17, 15) is 18.0 Å². The van der Waals surface area contributed by atoms with Gasteiger partial charge in [-0.05, 0) is 30.3 Å². The van der Waals surface area contributed by atoms with E-state index < -0.39 is 15.9 Å². The summed E-state index contributed by atoms with van der Waals surface area (Å²) in [6, 6.07) is 8.34. The summed E-state index contributed by atoms with van der Waals surface area (Å²) in [5, 5.41) is 6.43. The fraction of sp³-hybridized carbons (Fsp3) is 0.214. The summed E-state index contributed by atoms with van der Waals surface area (Å²) >= 11 is 0. The molecule has 1 aromatic heterocycles. The molecule has 2 rings (SSSR count). The maximum absolute atomic E-state index is 12.1. The third kappa shape index (κ3) is 3.63. The van der Waals surface area contributed by atoms with Crippen molar-refractivity contribution in [3.05, 3.63) is 52.4 Å². The first-order chi connectivity index (χ1) is 10.7. The van der Waals surface area contributed by atoms with Crippen molar-refractivity contribution in [2.24, 2.45) is 7.05 Å². The largest absolute Gasteiger partial charge is 0.321 e. The zero-order valence-corrected chi connectivity index (χ0v) is 13.7. The molecule has 122 valence electrons. The number of sulfonamides is 1. The summed E-state index contributed by atoms with van der Waals surface area (Å²) in [7, 11) is 0.812. The Morgan fingerprint density at radius 1 is 1.13 bits per heavy atom. The van der Waals surface area contributed by atoms with E-state index >= 15 is 0 Å². The molecule has 0 aliphatic carbocycles. The summed E-state index contributed by atoms with van der Waals surface area (Å²) in [6.07, 6.45) is 0. The Morgan fingerprint density at radius 2 is 1.74 bits per heavy atom. The molecule has 0 bridgehead atoms. The molecule has 0 fully saturated rings. The number of carbonyl (C=O) groups is 1. The lowest BCUT2D eigenvalue weighted by molar-refractivity contribution is 0.102. The first-order valence-electron chi connectivity index (χ1n) is 6.60. The molecule has 0 saturated carbocycles. The lowest BCUT2D eigenvalue weighted by Crippen LogP contribution is -2.24. The molecular formula is C14H16N4O4S. The van der Waals surface area contributed by atoms with Gasteiger partial charge in [-0.3, -0.25) is 9.59 Å². The molecule has 0 unspecified atom stereocenters. The van der Waals surface area contributed by atoms with Crippen LogP contribution in [0.3, 0.4) is 0 Å². The second-order valence-corrected chi connectivity index (χ2v) is 7.10. The van der Waals surface area contributed by atoms with Crippen LogP contribution in [0.2, 0.25) is 0 Å². The Balaban J connectivity index is 2.19. The van der Waals surface area contributed by atoms with Gasteiger partial charge in [0.15, 0.2) is 0 Å². The lowest BCUT2D eigenvalue weighted by Gasteiger charge is -2.12. The standard InChI is InChI=1S/C14H16N4O4S/c1-17(2)23(21,22)11-6-4-10(5-7-11)15-14(20)12-8-9-13(19)18(3)16-12/h4-9H,1-3H3,(H,15,20). The molecule has 0 spiro atoms. The van der Waals surface area contributed by atoms with E-state index in [1.807, 2.05) is 0 Å². The third-order valence-electron chi connectivity index (χ3n) is 3.08. The van der Waals surface area contributed by atoms with E-state index in [0.29, 0.717) is 5.69 Å². The minimum absolute atomic E-state index is 0.0806. The molecule has 1 amide bonds. The number of carbonyl (C=O) groups excluding carboxylic acids is 1. The van der Waals surface area contributed by atoms with Gasteiger partial charge >= 0.3 is 0 Å². The van der Waals surface area contributed by atoms with E-state index in [4.69, 9.17) is 0 Å². The van der Waals surface area contributed by atoms with Crippen LogP contribution in [0, 0.1) is 0 Å². The zero-order chi connectivity index (χ0) is 17.2. The number of aromatic nitrogens is 2. The molecule has 23 heavy (non-hydrogen) atoms. The molecule has 0 atom stereocenters. The van der Waals surface area contributed by atoms with Gasteiger partial charge < -0.3 is 5.32 Å². The van der Waals surface area contributed by atoms with Crippen molar-refractivity contribution in [1.29, 1.82) is 0 Å². The van der Waals surface area contributed by atoms with Crippen LogP contribution < -0.4 is 10.9 Å². The molecule has 0 aliphatic heterocycles. The molecule has 2 aromatic rings. The first-order valence-corrected chi connectivity index (χ1v) is 8.04. The minimum atomic E-state index is -3.51. The maximum Gasteiger partial charge on any atom is 0.276 e. The van der Waals surface area contributed by atoms with Crippen LogP contribution in [0.15, 0.2) is 46.1 Å². The van der Waals surface area contributed by atoms with Gasteiger partial charge in [-0.25, -0.2) is 17.4 Å². The molecule has 0 aliphatic rings. The van der Waals surface area contributed by atoms with Gasteiger partial charge in [0.25, 0.3) is 11.5 Å². The maximum atomic E-state index is 12.1. The summed E-state index contributed by atoms with van der Waals surface area (Å²) in [4.78, 5) is 23.4. The number of aryl methyl sites for hydroxylation is 1. The SMILES string of the molecule is CN(C)S(=O)(=O)c1ccc(NC(=O)c2ccc(=O)n(C)n2)cc1. The summed E-state index contributed by atoms with van der Waals surface area (Å²) in [6.45, 7) is 0. The third-order valence-corrected chi connectivity index (χ3v) is 4.91. The van der Waals surface area contributed by atoms with Gasteiger partial charge in [0.1, 0.15) is 5.69 Å². The van der Waals surface area contributed by atoms with Crippen molar-refractivity contribution < 1.29 is 13.2 Å². The Bertz CT molecular complexity index is 886. The van der Waals surface area contributed by atoms with E-state index in [-0.39, 0.29) is 16.1 Å². The number of hydrogen-bond acceptors (Lipinski definition) is 5. The molecule has 1 N–H and O–H groups in total. The second-order valence-electron chi connectivity index (χ2n) is 4.95. The van der Waals surface area contributed by atoms with Gasteiger partial charge in [0.2, 0.25) is 10.0 Å². The van der Waals surface area contributed by atoms with Crippen LogP contribution in [-0.2, 0) is 17.1 Å². The lowest BCUT2D eigenvalue weighted by atomic mass is 10.3. The highest BCUT2D eigenvalue weighted by atomic mass is 32.2. The highest BCUT2D eigenvalue weighted by molar-refractivity contribution is 7.89. The second kappa shape index (κ2) is 6.31. The predicted molar refractivity (Wildman–Crippen MR) is 84.7 cm³/mol. The van der Waals surface area contributed by atoms with Gasteiger partial charge in [-0.2, -0.15) is 5.10 Å². The summed E-state index contributed by atoms with van der Waals surface area (Å²) in [5.41, 5.74) is 0.181. The fourth-order valence-electron chi connectivity index (χ4n) is 1.74. The smallest absolute Gasteiger partial charge is 0.276 e. The fourth-order valence-corrected chi connectivity index (χ4v) is 2.64. The number of nitrogens with one attached hydrogen (secondary N) is 1. The molecule has 0 radical (unpaired) electrons. The molecule has 8 nitrogen and oxygen atoms in total. The van der Waals surface area contributed by atoms with Gasteiger partial charge in [0.05, 0.1) is 4.90 Å². The summed E-state index contributed by atoms with van der Waals surface area (Å²) < 4.78 is 26.1. The van der Waals surface area contributed by atoms with Crippen molar-refractivity contribution in [1.82, 2.24) is 14.1 Å². The zero-order valence-electron chi connectivity index (χ0n) is 12.8. The molecular weight excluding hydrogens is 320 g/mol. The Kier molecular flexibility index (Phi) is 4.62. The molecule has 0 saturated heterocycles. The van der Waals surface area contributed by atoms with E-state index in [2.05, 4.69) is 10.4 Å². The quantitative estimate of drug-likeness (QED) is 0.864. The van der Waals surface area contributed by atoms with Crippen molar-refractivity contribution in [3.63, 3.8) is 0 Å². The van der Waals surface area contributed by atoms with Crippen molar-refractivity contribution >= 4 is 21.6 Å². The topological polar surface area (TPSA) is 101 Å². The Labute approximate surface area is 133 Å². The van der Waals surface area contributed by atoms with Crippen molar-refractivity contribution in [3.8, 4) is 0 Å². The average Bonchev–Trinajstić information content (AvgIpc) is 2.50. The number of anilines is 1. The molecule has 9 heteroatoms. The van der Waals surface area contributed by atoms with Crippen LogP contribution >= 0.6 is 0 Å². The monoisotopic (exact) mass is 336 g/mol. The first kappa shape index (κ1) is 16.8. The Morgan fingerprint density at radius 3 is 2.26 bits per heavy atom. The number of nitrogens with zero attached hydrogens (tertiary/aromatic N) is 3. The van der Waals surface area contributed by atoms with Gasteiger partial charge in [-0.1, -0.05) is 0 Å². The summed E-state index contributed by atoms with van der Waals surface area (Å²) in [5.74, 6) is -0.496. The van der Waals surface area contributed by atoms with Crippen LogP contribution in [0.4, 0.5) is 5.69 Å².